The standard InChI is InChI=1S/C15H20N4O/c1-10-7-11(2)14(12(3)8-10)18-15(20)16-9-13-5-6-17-19(13)4/h5-8H,9H2,1-4H3,(H2,16,18,20). The normalized spacial score (nSPS) is 10.4. The molecule has 0 unspecified atom stereocenters. The summed E-state index contributed by atoms with van der Waals surface area (Å²) in [6, 6.07) is 5.79. The van der Waals surface area contributed by atoms with Crippen molar-refractivity contribution in [3.63, 3.8) is 0 Å². The van der Waals surface area contributed by atoms with Gasteiger partial charge in [-0.05, 0) is 38.0 Å². The molecule has 0 fully saturated rings. The highest BCUT2D eigenvalue weighted by Gasteiger charge is 2.08. The summed E-state index contributed by atoms with van der Waals surface area (Å²) in [5.74, 6) is 0. The van der Waals surface area contributed by atoms with Gasteiger partial charge in [0.15, 0.2) is 0 Å². The van der Waals surface area contributed by atoms with Crippen LogP contribution in [0.15, 0.2) is 24.4 Å². The molecule has 2 aromatic rings. The van der Waals surface area contributed by atoms with E-state index in [0.717, 1.165) is 22.5 Å². The third kappa shape index (κ3) is 3.17. The lowest BCUT2D eigenvalue weighted by molar-refractivity contribution is 0.251. The summed E-state index contributed by atoms with van der Waals surface area (Å²) in [6.45, 7) is 6.49. The van der Waals surface area contributed by atoms with Gasteiger partial charge in [-0.2, -0.15) is 5.10 Å². The Bertz CT molecular complexity index is 608. The summed E-state index contributed by atoms with van der Waals surface area (Å²) in [7, 11) is 1.85. The molecular formula is C15H20N4O. The molecule has 0 aliphatic rings. The molecule has 2 N–H and O–H groups in total. The van der Waals surface area contributed by atoms with Gasteiger partial charge in [0, 0.05) is 18.9 Å². The predicted octanol–water partition coefficient (Wildman–Crippen LogP) is 2.67. The minimum absolute atomic E-state index is 0.207. The van der Waals surface area contributed by atoms with Crippen molar-refractivity contribution in [2.75, 3.05) is 5.32 Å². The van der Waals surface area contributed by atoms with E-state index in [1.807, 2.05) is 33.9 Å². The van der Waals surface area contributed by atoms with Gasteiger partial charge in [-0.25, -0.2) is 4.79 Å². The number of hydrogen-bond acceptors (Lipinski definition) is 2. The monoisotopic (exact) mass is 272 g/mol. The number of amides is 2. The van der Waals surface area contributed by atoms with E-state index in [1.165, 1.54) is 5.56 Å². The van der Waals surface area contributed by atoms with Gasteiger partial charge in [0.25, 0.3) is 0 Å². The number of aryl methyl sites for hydroxylation is 4. The maximum atomic E-state index is 12.0. The quantitative estimate of drug-likeness (QED) is 0.902. The fourth-order valence-electron chi connectivity index (χ4n) is 2.28. The zero-order chi connectivity index (χ0) is 14.7. The average molecular weight is 272 g/mol. The van der Waals surface area contributed by atoms with Gasteiger partial charge in [-0.1, -0.05) is 17.7 Å². The first kappa shape index (κ1) is 14.1. The Morgan fingerprint density at radius 3 is 2.45 bits per heavy atom. The van der Waals surface area contributed by atoms with E-state index >= 15 is 0 Å². The molecule has 0 spiro atoms. The van der Waals surface area contributed by atoms with E-state index in [0.29, 0.717) is 6.54 Å². The fraction of sp³-hybridized carbons (Fsp3) is 0.333. The number of nitrogens with one attached hydrogen (secondary N) is 2. The Kier molecular flexibility index (Phi) is 4.08. The van der Waals surface area contributed by atoms with Crippen molar-refractivity contribution in [3.8, 4) is 0 Å². The maximum Gasteiger partial charge on any atom is 0.319 e. The van der Waals surface area contributed by atoms with Crippen LogP contribution in [0.3, 0.4) is 0 Å². The third-order valence-electron chi connectivity index (χ3n) is 3.27. The summed E-state index contributed by atoms with van der Waals surface area (Å²) in [5.41, 5.74) is 5.16. The fourth-order valence-corrected chi connectivity index (χ4v) is 2.28. The Labute approximate surface area is 119 Å². The second-order valence-corrected chi connectivity index (χ2v) is 5.03. The molecule has 106 valence electrons. The molecule has 0 saturated heterocycles. The van der Waals surface area contributed by atoms with Crippen LogP contribution < -0.4 is 10.6 Å². The van der Waals surface area contributed by atoms with Gasteiger partial charge in [-0.15, -0.1) is 0 Å². The van der Waals surface area contributed by atoms with Crippen LogP contribution in [0.5, 0.6) is 0 Å². The number of hydrogen-bond donors (Lipinski definition) is 2. The minimum atomic E-state index is -0.207. The summed E-state index contributed by atoms with van der Waals surface area (Å²) in [5, 5.41) is 9.80. The lowest BCUT2D eigenvalue weighted by atomic mass is 10.1. The highest BCUT2D eigenvalue weighted by atomic mass is 16.2. The number of anilines is 1. The molecule has 2 amide bonds. The predicted molar refractivity (Wildman–Crippen MR) is 79.7 cm³/mol. The van der Waals surface area contributed by atoms with Crippen molar-refractivity contribution in [1.29, 1.82) is 0 Å². The highest BCUT2D eigenvalue weighted by Crippen LogP contribution is 2.21. The summed E-state index contributed by atoms with van der Waals surface area (Å²) in [6.07, 6.45) is 1.71. The molecule has 0 saturated carbocycles. The van der Waals surface area contributed by atoms with Gasteiger partial charge >= 0.3 is 6.03 Å². The minimum Gasteiger partial charge on any atom is -0.332 e. The maximum absolute atomic E-state index is 12.0. The summed E-state index contributed by atoms with van der Waals surface area (Å²) >= 11 is 0. The first-order chi connectivity index (χ1) is 9.47. The Morgan fingerprint density at radius 2 is 1.90 bits per heavy atom. The Morgan fingerprint density at radius 1 is 1.25 bits per heavy atom. The van der Waals surface area contributed by atoms with E-state index < -0.39 is 0 Å². The van der Waals surface area contributed by atoms with Crippen LogP contribution in [0.1, 0.15) is 22.4 Å². The van der Waals surface area contributed by atoms with Crippen LogP contribution >= 0.6 is 0 Å². The number of carbonyl (C=O) groups excluding carboxylic acids is 1. The first-order valence-corrected chi connectivity index (χ1v) is 6.57. The molecule has 0 atom stereocenters. The van der Waals surface area contributed by atoms with E-state index in [-0.39, 0.29) is 6.03 Å². The number of nitrogens with zero attached hydrogens (tertiary/aromatic N) is 2. The molecule has 5 heteroatoms. The average Bonchev–Trinajstić information content (AvgIpc) is 2.77. The highest BCUT2D eigenvalue weighted by molar-refractivity contribution is 5.91. The van der Waals surface area contributed by atoms with Gasteiger partial charge in [0.05, 0.1) is 12.2 Å². The number of rotatable bonds is 3. The molecule has 0 bridgehead atoms. The number of carbonyl (C=O) groups is 1. The van der Waals surface area contributed by atoms with Crippen molar-refractivity contribution in [2.45, 2.75) is 27.3 Å². The molecule has 1 aromatic heterocycles. The molecule has 0 aliphatic heterocycles. The van der Waals surface area contributed by atoms with Crippen molar-refractivity contribution >= 4 is 11.7 Å². The molecule has 20 heavy (non-hydrogen) atoms. The molecule has 0 radical (unpaired) electrons. The topological polar surface area (TPSA) is 59.0 Å². The molecule has 0 aliphatic carbocycles. The second-order valence-electron chi connectivity index (χ2n) is 5.03. The van der Waals surface area contributed by atoms with E-state index in [1.54, 1.807) is 10.9 Å². The number of urea groups is 1. The Balaban J connectivity index is 2.00. The van der Waals surface area contributed by atoms with Crippen molar-refractivity contribution in [2.24, 2.45) is 7.05 Å². The van der Waals surface area contributed by atoms with Gasteiger partial charge in [0.1, 0.15) is 0 Å². The number of aromatic nitrogens is 2. The van der Waals surface area contributed by atoms with E-state index in [4.69, 9.17) is 0 Å². The largest absolute Gasteiger partial charge is 0.332 e. The van der Waals surface area contributed by atoms with Crippen molar-refractivity contribution < 1.29 is 4.79 Å². The molecule has 1 heterocycles. The zero-order valence-corrected chi connectivity index (χ0v) is 12.3. The SMILES string of the molecule is Cc1cc(C)c(NC(=O)NCc2ccnn2C)c(C)c1. The summed E-state index contributed by atoms with van der Waals surface area (Å²) < 4.78 is 1.74. The summed E-state index contributed by atoms with van der Waals surface area (Å²) in [4.78, 5) is 12.0. The van der Waals surface area contributed by atoms with Crippen LogP contribution in [0.4, 0.5) is 10.5 Å². The van der Waals surface area contributed by atoms with Crippen molar-refractivity contribution in [3.05, 3.63) is 46.8 Å². The number of benzene rings is 1. The molecule has 2 rings (SSSR count). The van der Waals surface area contributed by atoms with Crippen LogP contribution in [-0.2, 0) is 13.6 Å². The van der Waals surface area contributed by atoms with Crippen LogP contribution in [0.25, 0.3) is 0 Å². The van der Waals surface area contributed by atoms with Gasteiger partial charge in [0.2, 0.25) is 0 Å². The second kappa shape index (κ2) is 5.77. The zero-order valence-electron chi connectivity index (χ0n) is 12.3. The van der Waals surface area contributed by atoms with Crippen molar-refractivity contribution in [1.82, 2.24) is 15.1 Å². The van der Waals surface area contributed by atoms with E-state index in [9.17, 15) is 4.79 Å². The van der Waals surface area contributed by atoms with Gasteiger partial charge in [-0.3, -0.25) is 4.68 Å². The molecule has 5 nitrogen and oxygen atoms in total. The van der Waals surface area contributed by atoms with Gasteiger partial charge < -0.3 is 10.6 Å². The first-order valence-electron chi connectivity index (χ1n) is 6.57. The molecule has 1 aromatic carbocycles. The lowest BCUT2D eigenvalue weighted by Gasteiger charge is -2.13. The molecular weight excluding hydrogens is 252 g/mol. The third-order valence-corrected chi connectivity index (χ3v) is 3.27. The Hall–Kier alpha value is -2.30. The lowest BCUT2D eigenvalue weighted by Crippen LogP contribution is -2.29. The van der Waals surface area contributed by atoms with E-state index in [2.05, 4.69) is 27.9 Å². The van der Waals surface area contributed by atoms with Crippen LogP contribution in [0, 0.1) is 20.8 Å². The van der Waals surface area contributed by atoms with Crippen LogP contribution in [0.2, 0.25) is 0 Å². The van der Waals surface area contributed by atoms with Crippen LogP contribution in [-0.4, -0.2) is 15.8 Å². The smallest absolute Gasteiger partial charge is 0.319 e.